The minimum Gasteiger partial charge on any atom is -0.244 e. The van der Waals surface area contributed by atoms with Gasteiger partial charge in [-0.25, -0.2) is 9.67 Å². The maximum absolute atomic E-state index is 13.8. The summed E-state index contributed by atoms with van der Waals surface area (Å²) in [6, 6.07) is 14.3. The number of hydrogen-bond donors (Lipinski definition) is 0. The highest BCUT2D eigenvalue weighted by atomic mass is 19.4. The van der Waals surface area contributed by atoms with Crippen LogP contribution in [-0.2, 0) is 6.18 Å². The lowest BCUT2D eigenvalue weighted by Gasteiger charge is -2.13. The minimum atomic E-state index is -4.48. The van der Waals surface area contributed by atoms with E-state index in [-0.39, 0.29) is 17.1 Å². The van der Waals surface area contributed by atoms with Gasteiger partial charge in [-0.15, -0.1) is 0 Å². The van der Waals surface area contributed by atoms with E-state index in [1.807, 2.05) is 50.2 Å². The normalized spacial score (nSPS) is 12.4. The molecule has 0 amide bonds. The van der Waals surface area contributed by atoms with Crippen molar-refractivity contribution in [3.8, 4) is 11.3 Å². The van der Waals surface area contributed by atoms with E-state index in [2.05, 4.69) is 10.1 Å². The molecule has 0 bridgehead atoms. The molecule has 0 aliphatic carbocycles. The van der Waals surface area contributed by atoms with Crippen LogP contribution in [0.2, 0.25) is 0 Å². The second-order valence-corrected chi connectivity index (χ2v) is 6.94. The van der Waals surface area contributed by atoms with E-state index in [0.29, 0.717) is 17.0 Å². The van der Waals surface area contributed by atoms with Crippen LogP contribution in [0.5, 0.6) is 0 Å². The van der Waals surface area contributed by atoms with Gasteiger partial charge in [-0.1, -0.05) is 36.4 Å². The Kier molecular flexibility index (Phi) is 3.94. The third-order valence-electron chi connectivity index (χ3n) is 4.68. The molecule has 0 saturated heterocycles. The molecule has 0 atom stereocenters. The van der Waals surface area contributed by atoms with E-state index in [0.717, 1.165) is 16.8 Å². The van der Waals surface area contributed by atoms with Crippen LogP contribution in [0.3, 0.4) is 0 Å². The van der Waals surface area contributed by atoms with Crippen LogP contribution in [0.4, 0.5) is 13.2 Å². The van der Waals surface area contributed by atoms with Crippen molar-refractivity contribution in [2.24, 2.45) is 0 Å². The van der Waals surface area contributed by atoms with Gasteiger partial charge in [0.05, 0.1) is 22.3 Å². The second kappa shape index (κ2) is 6.08. The van der Waals surface area contributed by atoms with Gasteiger partial charge in [-0.2, -0.15) is 18.3 Å². The zero-order valence-corrected chi connectivity index (χ0v) is 15.2. The first-order valence-electron chi connectivity index (χ1n) is 8.72. The average molecular weight is 369 g/mol. The van der Waals surface area contributed by atoms with Crippen molar-refractivity contribution in [2.75, 3.05) is 0 Å². The Labute approximate surface area is 154 Å². The Morgan fingerprint density at radius 1 is 0.963 bits per heavy atom. The Balaban J connectivity index is 2.04. The molecule has 0 N–H and O–H groups in total. The largest absolute Gasteiger partial charge is 0.417 e. The summed E-state index contributed by atoms with van der Waals surface area (Å²) in [5.74, 6) is 0. The highest BCUT2D eigenvalue weighted by molar-refractivity contribution is 5.89. The third-order valence-corrected chi connectivity index (χ3v) is 4.68. The van der Waals surface area contributed by atoms with Gasteiger partial charge < -0.3 is 0 Å². The quantitative estimate of drug-likeness (QED) is 0.424. The zero-order chi connectivity index (χ0) is 19.3. The maximum Gasteiger partial charge on any atom is 0.417 e. The number of aromatic nitrogens is 3. The Morgan fingerprint density at radius 3 is 2.33 bits per heavy atom. The number of aryl methyl sites for hydroxylation is 1. The van der Waals surface area contributed by atoms with Gasteiger partial charge in [0.25, 0.3) is 0 Å². The molecule has 0 aliphatic rings. The molecule has 0 radical (unpaired) electrons. The van der Waals surface area contributed by atoms with Crippen LogP contribution in [-0.4, -0.2) is 14.8 Å². The Morgan fingerprint density at radius 2 is 1.67 bits per heavy atom. The monoisotopic (exact) mass is 369 g/mol. The molecule has 0 fully saturated rings. The lowest BCUT2D eigenvalue weighted by atomic mass is 10.0. The Hall–Kier alpha value is -2.89. The van der Waals surface area contributed by atoms with Gasteiger partial charge in [0.2, 0.25) is 0 Å². The molecule has 2 aromatic heterocycles. The van der Waals surface area contributed by atoms with Crippen LogP contribution >= 0.6 is 0 Å². The fourth-order valence-electron chi connectivity index (χ4n) is 3.39. The summed E-state index contributed by atoms with van der Waals surface area (Å²) in [7, 11) is 0. The van der Waals surface area contributed by atoms with E-state index in [9.17, 15) is 13.2 Å². The van der Waals surface area contributed by atoms with Crippen molar-refractivity contribution >= 4 is 21.8 Å². The summed E-state index contributed by atoms with van der Waals surface area (Å²) < 4.78 is 42.9. The summed E-state index contributed by atoms with van der Waals surface area (Å²) in [5, 5.41) is 6.36. The van der Waals surface area contributed by atoms with E-state index in [1.165, 1.54) is 0 Å². The molecule has 0 saturated carbocycles. The van der Waals surface area contributed by atoms with Gasteiger partial charge in [0, 0.05) is 11.6 Å². The number of hydrogen-bond acceptors (Lipinski definition) is 2. The van der Waals surface area contributed by atoms with Gasteiger partial charge in [-0.05, 0) is 43.7 Å². The van der Waals surface area contributed by atoms with Crippen molar-refractivity contribution in [3.05, 3.63) is 59.8 Å². The van der Waals surface area contributed by atoms with Crippen molar-refractivity contribution < 1.29 is 13.2 Å². The van der Waals surface area contributed by atoms with Crippen LogP contribution in [0.1, 0.15) is 31.1 Å². The number of alkyl halides is 3. The fraction of sp³-hybridized carbons (Fsp3) is 0.238. The smallest absolute Gasteiger partial charge is 0.244 e. The number of halogens is 3. The SMILES string of the molecule is Cc1nn(C(C)C)c2nc(-c3ccc4ccccc4c3)cc(C(F)(F)F)c12. The average Bonchev–Trinajstić information content (AvgIpc) is 2.97. The number of benzene rings is 2. The molecule has 2 heterocycles. The van der Waals surface area contributed by atoms with Crippen LogP contribution in [0.25, 0.3) is 33.1 Å². The summed E-state index contributed by atoms with van der Waals surface area (Å²) in [6.07, 6.45) is -4.48. The van der Waals surface area contributed by atoms with Crippen molar-refractivity contribution in [3.63, 3.8) is 0 Å². The fourth-order valence-corrected chi connectivity index (χ4v) is 3.39. The molecule has 4 rings (SSSR count). The summed E-state index contributed by atoms with van der Waals surface area (Å²) >= 11 is 0. The Bertz CT molecular complexity index is 1160. The molecular formula is C21H18F3N3. The molecule has 0 spiro atoms. The highest BCUT2D eigenvalue weighted by Gasteiger charge is 2.35. The van der Waals surface area contributed by atoms with Crippen molar-refractivity contribution in [1.29, 1.82) is 0 Å². The van der Waals surface area contributed by atoms with Crippen LogP contribution in [0, 0.1) is 6.92 Å². The molecule has 3 nitrogen and oxygen atoms in total. The van der Waals surface area contributed by atoms with Gasteiger partial charge in [0.1, 0.15) is 0 Å². The van der Waals surface area contributed by atoms with Crippen molar-refractivity contribution in [1.82, 2.24) is 14.8 Å². The third kappa shape index (κ3) is 2.95. The predicted molar refractivity (Wildman–Crippen MR) is 101 cm³/mol. The lowest BCUT2D eigenvalue weighted by Crippen LogP contribution is -2.09. The van der Waals surface area contributed by atoms with Crippen LogP contribution < -0.4 is 0 Å². The van der Waals surface area contributed by atoms with E-state index < -0.39 is 11.7 Å². The first-order chi connectivity index (χ1) is 12.8. The first kappa shape index (κ1) is 17.5. The predicted octanol–water partition coefficient (Wildman–Crippen LogP) is 6.16. The molecule has 0 aliphatic heterocycles. The minimum absolute atomic E-state index is 0.0701. The van der Waals surface area contributed by atoms with E-state index in [1.54, 1.807) is 17.7 Å². The standard InChI is InChI=1S/C21H18F3N3/c1-12(2)27-20-19(13(3)26-27)17(21(22,23)24)11-18(25-20)16-9-8-14-6-4-5-7-15(14)10-16/h4-12H,1-3H3. The first-order valence-corrected chi connectivity index (χ1v) is 8.72. The molecular weight excluding hydrogens is 351 g/mol. The van der Waals surface area contributed by atoms with Gasteiger partial charge >= 0.3 is 6.18 Å². The summed E-state index contributed by atoms with van der Waals surface area (Å²) in [6.45, 7) is 5.35. The van der Waals surface area contributed by atoms with Crippen molar-refractivity contribution in [2.45, 2.75) is 33.0 Å². The molecule has 27 heavy (non-hydrogen) atoms. The maximum atomic E-state index is 13.8. The molecule has 138 valence electrons. The van der Waals surface area contributed by atoms with E-state index >= 15 is 0 Å². The summed E-state index contributed by atoms with van der Waals surface area (Å²) in [4.78, 5) is 4.57. The van der Waals surface area contributed by atoms with Gasteiger partial charge in [-0.3, -0.25) is 0 Å². The van der Waals surface area contributed by atoms with E-state index in [4.69, 9.17) is 0 Å². The highest BCUT2D eigenvalue weighted by Crippen LogP contribution is 2.39. The number of pyridine rings is 1. The van der Waals surface area contributed by atoms with Gasteiger partial charge in [0.15, 0.2) is 5.65 Å². The number of rotatable bonds is 2. The lowest BCUT2D eigenvalue weighted by molar-refractivity contribution is -0.136. The van der Waals surface area contributed by atoms with Crippen LogP contribution in [0.15, 0.2) is 48.5 Å². The topological polar surface area (TPSA) is 30.7 Å². The number of nitrogens with zero attached hydrogens (tertiary/aromatic N) is 3. The molecule has 4 aromatic rings. The number of fused-ring (bicyclic) bond motifs is 2. The summed E-state index contributed by atoms with van der Waals surface area (Å²) in [5.41, 5.74) is 0.849. The molecule has 0 unspecified atom stereocenters. The molecule has 2 aromatic carbocycles. The second-order valence-electron chi connectivity index (χ2n) is 6.94. The zero-order valence-electron chi connectivity index (χ0n) is 15.2. The molecule has 6 heteroatoms.